The molecule has 0 radical (unpaired) electrons. The van der Waals surface area contributed by atoms with Crippen LogP contribution < -0.4 is 4.74 Å². The van der Waals surface area contributed by atoms with Crippen molar-refractivity contribution in [2.45, 2.75) is 25.7 Å². The first kappa shape index (κ1) is 16.6. The number of carbonyl (C=O) groups excluding carboxylic acids is 1. The maximum atomic E-state index is 13.0. The van der Waals surface area contributed by atoms with Gasteiger partial charge in [0.1, 0.15) is 11.6 Å². The molecule has 1 saturated heterocycles. The minimum atomic E-state index is 0.0434. The summed E-state index contributed by atoms with van der Waals surface area (Å²) in [7, 11) is 1.63. The number of hydrogen-bond acceptors (Lipinski definition) is 4. The molecular formula is C20H22N4O2. The first-order chi connectivity index (χ1) is 12.7. The van der Waals surface area contributed by atoms with Gasteiger partial charge in [-0.2, -0.15) is 0 Å². The molecule has 0 spiro atoms. The number of nitrogens with zero attached hydrogens (tertiary/aromatic N) is 4. The molecule has 134 valence electrons. The predicted molar refractivity (Wildman–Crippen MR) is 98.6 cm³/mol. The van der Waals surface area contributed by atoms with Gasteiger partial charge in [0.05, 0.1) is 7.11 Å². The van der Waals surface area contributed by atoms with Crippen LogP contribution in [0.2, 0.25) is 0 Å². The van der Waals surface area contributed by atoms with E-state index in [1.54, 1.807) is 7.11 Å². The van der Waals surface area contributed by atoms with Gasteiger partial charge < -0.3 is 9.64 Å². The van der Waals surface area contributed by atoms with E-state index in [9.17, 15) is 4.79 Å². The average Bonchev–Trinajstić information content (AvgIpc) is 3.12. The third kappa shape index (κ3) is 2.92. The Balaban J connectivity index is 1.57. The molecule has 3 heterocycles. The summed E-state index contributed by atoms with van der Waals surface area (Å²) in [6.45, 7) is 3.40. The summed E-state index contributed by atoms with van der Waals surface area (Å²) in [5, 5.41) is 8.63. The third-order valence-electron chi connectivity index (χ3n) is 5.07. The molecular weight excluding hydrogens is 328 g/mol. The molecule has 0 saturated carbocycles. The van der Waals surface area contributed by atoms with Crippen molar-refractivity contribution < 1.29 is 9.53 Å². The van der Waals surface area contributed by atoms with Crippen LogP contribution in [-0.4, -0.2) is 45.6 Å². The molecule has 0 N–H and O–H groups in total. The number of aromatic nitrogens is 3. The van der Waals surface area contributed by atoms with Crippen LogP contribution >= 0.6 is 0 Å². The zero-order chi connectivity index (χ0) is 18.1. The molecule has 1 fully saturated rings. The second kappa shape index (κ2) is 6.78. The predicted octanol–water partition coefficient (Wildman–Crippen LogP) is 3.07. The van der Waals surface area contributed by atoms with Gasteiger partial charge in [0, 0.05) is 30.8 Å². The van der Waals surface area contributed by atoms with Crippen molar-refractivity contribution in [3.05, 3.63) is 59.5 Å². The van der Waals surface area contributed by atoms with E-state index in [0.29, 0.717) is 12.1 Å². The minimum absolute atomic E-state index is 0.0434. The van der Waals surface area contributed by atoms with Crippen LogP contribution in [0.4, 0.5) is 0 Å². The molecule has 4 rings (SSSR count). The van der Waals surface area contributed by atoms with Gasteiger partial charge in [0.2, 0.25) is 0 Å². The highest BCUT2D eigenvalue weighted by Crippen LogP contribution is 2.28. The lowest BCUT2D eigenvalue weighted by molar-refractivity contribution is 0.0704. The Morgan fingerprint density at radius 3 is 2.96 bits per heavy atom. The third-order valence-corrected chi connectivity index (χ3v) is 5.07. The SMILES string of the molecule is COc1cc(C(=O)N2CCC[C@H](c3nnc4ccccn34)C2)ccc1C. The number of carbonyl (C=O) groups is 1. The maximum absolute atomic E-state index is 13.0. The highest BCUT2D eigenvalue weighted by Gasteiger charge is 2.28. The molecule has 1 aliphatic rings. The lowest BCUT2D eigenvalue weighted by atomic mass is 9.96. The monoisotopic (exact) mass is 350 g/mol. The van der Waals surface area contributed by atoms with Crippen molar-refractivity contribution in [1.82, 2.24) is 19.5 Å². The highest BCUT2D eigenvalue weighted by atomic mass is 16.5. The van der Waals surface area contributed by atoms with Gasteiger partial charge in [-0.3, -0.25) is 9.20 Å². The van der Waals surface area contributed by atoms with Crippen LogP contribution in [0.3, 0.4) is 0 Å². The Kier molecular flexibility index (Phi) is 4.32. The maximum Gasteiger partial charge on any atom is 0.254 e. The molecule has 6 heteroatoms. The quantitative estimate of drug-likeness (QED) is 0.728. The molecule has 26 heavy (non-hydrogen) atoms. The summed E-state index contributed by atoms with van der Waals surface area (Å²) in [5.74, 6) is 1.91. The van der Waals surface area contributed by atoms with Gasteiger partial charge in [-0.15, -0.1) is 10.2 Å². The number of rotatable bonds is 3. The first-order valence-electron chi connectivity index (χ1n) is 8.91. The number of methoxy groups -OCH3 is 1. The minimum Gasteiger partial charge on any atom is -0.496 e. The smallest absolute Gasteiger partial charge is 0.254 e. The van der Waals surface area contributed by atoms with Crippen molar-refractivity contribution in [2.75, 3.05) is 20.2 Å². The standard InChI is InChI=1S/C20H22N4O2/c1-14-8-9-15(12-17(14)26-2)20(25)23-10-5-6-16(13-23)19-22-21-18-7-3-4-11-24(18)19/h3-4,7-9,11-12,16H,5-6,10,13H2,1-2H3/t16-/m0/s1. The van der Waals surface area contributed by atoms with Crippen LogP contribution in [0.25, 0.3) is 5.65 Å². The van der Waals surface area contributed by atoms with Crippen LogP contribution in [0.15, 0.2) is 42.6 Å². The molecule has 0 unspecified atom stereocenters. The normalized spacial score (nSPS) is 17.5. The van der Waals surface area contributed by atoms with E-state index in [-0.39, 0.29) is 11.8 Å². The molecule has 0 aliphatic carbocycles. The lowest BCUT2D eigenvalue weighted by Crippen LogP contribution is -2.39. The van der Waals surface area contributed by atoms with Gasteiger partial charge >= 0.3 is 0 Å². The van der Waals surface area contributed by atoms with Crippen molar-refractivity contribution in [1.29, 1.82) is 0 Å². The molecule has 1 aliphatic heterocycles. The fraction of sp³-hybridized carbons (Fsp3) is 0.350. The van der Waals surface area contributed by atoms with Crippen LogP contribution in [-0.2, 0) is 0 Å². The average molecular weight is 350 g/mol. The van der Waals surface area contributed by atoms with Gasteiger partial charge in [-0.25, -0.2) is 0 Å². The Hall–Kier alpha value is -2.89. The second-order valence-electron chi connectivity index (χ2n) is 6.76. The number of piperidine rings is 1. The molecule has 2 aromatic heterocycles. The Morgan fingerprint density at radius 1 is 1.23 bits per heavy atom. The Bertz CT molecular complexity index is 950. The Labute approximate surface area is 152 Å². The summed E-state index contributed by atoms with van der Waals surface area (Å²) in [5.41, 5.74) is 2.53. The van der Waals surface area contributed by atoms with Crippen LogP contribution in [0.5, 0.6) is 5.75 Å². The number of amides is 1. The fourth-order valence-electron chi connectivity index (χ4n) is 3.65. The van der Waals surface area contributed by atoms with Gasteiger partial charge in [-0.1, -0.05) is 12.1 Å². The van der Waals surface area contributed by atoms with Crippen LogP contribution in [0.1, 0.15) is 40.5 Å². The van der Waals surface area contributed by atoms with Gasteiger partial charge in [-0.05, 0) is 49.6 Å². The first-order valence-corrected chi connectivity index (χ1v) is 8.91. The highest BCUT2D eigenvalue weighted by molar-refractivity contribution is 5.94. The van der Waals surface area contributed by atoms with Gasteiger partial charge in [0.15, 0.2) is 5.65 Å². The van der Waals surface area contributed by atoms with Gasteiger partial charge in [0.25, 0.3) is 5.91 Å². The van der Waals surface area contributed by atoms with Crippen molar-refractivity contribution >= 4 is 11.6 Å². The van der Waals surface area contributed by atoms with Crippen LogP contribution in [0, 0.1) is 6.92 Å². The summed E-state index contributed by atoms with van der Waals surface area (Å²) >= 11 is 0. The van der Waals surface area contributed by atoms with Crippen molar-refractivity contribution in [3.63, 3.8) is 0 Å². The van der Waals surface area contributed by atoms with E-state index >= 15 is 0 Å². The number of likely N-dealkylation sites (tertiary alicyclic amines) is 1. The molecule has 3 aromatic rings. The summed E-state index contributed by atoms with van der Waals surface area (Å²) < 4.78 is 7.38. The fourth-order valence-corrected chi connectivity index (χ4v) is 3.65. The number of pyridine rings is 1. The molecule has 1 atom stereocenters. The lowest BCUT2D eigenvalue weighted by Gasteiger charge is -2.32. The zero-order valence-corrected chi connectivity index (χ0v) is 15.1. The molecule has 1 aromatic carbocycles. The second-order valence-corrected chi connectivity index (χ2v) is 6.76. The number of fused-ring (bicyclic) bond motifs is 1. The summed E-state index contributed by atoms with van der Waals surface area (Å²) in [6, 6.07) is 11.5. The Morgan fingerprint density at radius 2 is 2.12 bits per heavy atom. The van der Waals surface area contributed by atoms with E-state index in [1.165, 1.54) is 0 Å². The largest absolute Gasteiger partial charge is 0.496 e. The van der Waals surface area contributed by atoms with E-state index in [4.69, 9.17) is 4.74 Å². The number of ether oxygens (including phenoxy) is 1. The number of aryl methyl sites for hydroxylation is 1. The molecule has 0 bridgehead atoms. The van der Waals surface area contributed by atoms with Crippen molar-refractivity contribution in [2.24, 2.45) is 0 Å². The van der Waals surface area contributed by atoms with E-state index in [1.807, 2.05) is 58.8 Å². The van der Waals surface area contributed by atoms with E-state index < -0.39 is 0 Å². The zero-order valence-electron chi connectivity index (χ0n) is 15.1. The molecule has 6 nitrogen and oxygen atoms in total. The van der Waals surface area contributed by atoms with E-state index in [0.717, 1.165) is 42.2 Å². The number of hydrogen-bond donors (Lipinski definition) is 0. The topological polar surface area (TPSA) is 59.7 Å². The van der Waals surface area contributed by atoms with Crippen molar-refractivity contribution in [3.8, 4) is 5.75 Å². The summed E-state index contributed by atoms with van der Waals surface area (Å²) in [6.07, 6.45) is 3.95. The summed E-state index contributed by atoms with van der Waals surface area (Å²) in [4.78, 5) is 14.9. The molecule has 1 amide bonds. The number of benzene rings is 1. The van der Waals surface area contributed by atoms with E-state index in [2.05, 4.69) is 10.2 Å².